The van der Waals surface area contributed by atoms with E-state index in [0.29, 0.717) is 10.8 Å². The number of nitrogens with one attached hydrogen (secondary N) is 1. The third-order valence-corrected chi connectivity index (χ3v) is 5.09. The summed E-state index contributed by atoms with van der Waals surface area (Å²) in [6.07, 6.45) is 0. The summed E-state index contributed by atoms with van der Waals surface area (Å²) < 4.78 is 15.1. The summed E-state index contributed by atoms with van der Waals surface area (Å²) in [5.74, 6) is 5.64. The number of rotatable bonds is 5. The van der Waals surface area contributed by atoms with Crippen LogP contribution in [0.2, 0.25) is 0 Å². The van der Waals surface area contributed by atoms with Crippen LogP contribution in [0.5, 0.6) is 0 Å². The minimum atomic E-state index is -0.438. The van der Waals surface area contributed by atoms with Crippen molar-refractivity contribution in [3.05, 3.63) is 72.5 Å². The zero-order valence-corrected chi connectivity index (χ0v) is 15.5. The van der Waals surface area contributed by atoms with E-state index >= 15 is 0 Å². The molecular formula is C20H16FN5OS. The second-order valence-electron chi connectivity index (χ2n) is 6.05. The lowest BCUT2D eigenvalue weighted by Gasteiger charge is -2.07. The summed E-state index contributed by atoms with van der Waals surface area (Å²) in [5.41, 5.74) is 0.968. The van der Waals surface area contributed by atoms with E-state index in [2.05, 4.69) is 15.5 Å². The zero-order chi connectivity index (χ0) is 19.5. The molecule has 6 nitrogen and oxygen atoms in total. The van der Waals surface area contributed by atoms with Crippen molar-refractivity contribution in [3.63, 3.8) is 0 Å². The van der Waals surface area contributed by atoms with Crippen LogP contribution in [0.3, 0.4) is 0 Å². The molecular weight excluding hydrogens is 377 g/mol. The quantitative estimate of drug-likeness (QED) is 0.399. The Morgan fingerprint density at radius 1 is 1.04 bits per heavy atom. The highest BCUT2D eigenvalue weighted by Crippen LogP contribution is 2.24. The van der Waals surface area contributed by atoms with Crippen LogP contribution in [-0.4, -0.2) is 26.5 Å². The highest BCUT2D eigenvalue weighted by molar-refractivity contribution is 7.99. The Balaban J connectivity index is 1.43. The van der Waals surface area contributed by atoms with E-state index in [0.717, 1.165) is 22.5 Å². The fraction of sp³-hybridized carbons (Fsp3) is 0.0500. The number of aromatic nitrogens is 3. The lowest BCUT2D eigenvalue weighted by Crippen LogP contribution is -2.16. The molecule has 0 aliphatic heterocycles. The Morgan fingerprint density at radius 3 is 2.61 bits per heavy atom. The minimum absolute atomic E-state index is 0.0967. The van der Waals surface area contributed by atoms with E-state index in [1.54, 1.807) is 18.2 Å². The molecule has 1 amide bonds. The summed E-state index contributed by atoms with van der Waals surface area (Å²) in [6, 6.07) is 19.8. The molecule has 0 fully saturated rings. The average molecular weight is 393 g/mol. The van der Waals surface area contributed by atoms with Gasteiger partial charge in [-0.3, -0.25) is 4.79 Å². The van der Waals surface area contributed by atoms with E-state index in [1.165, 1.54) is 10.7 Å². The monoisotopic (exact) mass is 393 g/mol. The minimum Gasteiger partial charge on any atom is -0.335 e. The van der Waals surface area contributed by atoms with Crippen molar-refractivity contribution in [1.29, 1.82) is 0 Å². The first kappa shape index (κ1) is 18.0. The number of nitrogens with two attached hydrogens (primary N) is 1. The Morgan fingerprint density at radius 2 is 1.79 bits per heavy atom. The van der Waals surface area contributed by atoms with Gasteiger partial charge in [0.1, 0.15) is 5.82 Å². The van der Waals surface area contributed by atoms with Crippen molar-refractivity contribution in [3.8, 4) is 11.4 Å². The van der Waals surface area contributed by atoms with Crippen molar-refractivity contribution < 1.29 is 9.18 Å². The van der Waals surface area contributed by atoms with Gasteiger partial charge >= 0.3 is 0 Å². The fourth-order valence-corrected chi connectivity index (χ4v) is 3.45. The molecule has 0 bridgehead atoms. The number of halogens is 1. The normalized spacial score (nSPS) is 10.9. The topological polar surface area (TPSA) is 85.8 Å². The number of benzene rings is 3. The number of fused-ring (bicyclic) bond motifs is 1. The number of carbonyl (C=O) groups excluding carboxylic acids is 1. The molecule has 3 aromatic carbocycles. The number of amides is 1. The summed E-state index contributed by atoms with van der Waals surface area (Å²) in [7, 11) is 0. The van der Waals surface area contributed by atoms with Gasteiger partial charge in [0.15, 0.2) is 5.82 Å². The molecule has 1 aromatic heterocycles. The molecule has 140 valence electrons. The van der Waals surface area contributed by atoms with Crippen molar-refractivity contribution in [2.45, 2.75) is 5.16 Å². The molecule has 8 heteroatoms. The molecule has 4 rings (SSSR count). The van der Waals surface area contributed by atoms with Crippen LogP contribution in [0.15, 0.2) is 71.9 Å². The molecule has 0 aliphatic rings. The van der Waals surface area contributed by atoms with Crippen molar-refractivity contribution in [2.24, 2.45) is 0 Å². The molecule has 0 unspecified atom stereocenters. The van der Waals surface area contributed by atoms with Crippen LogP contribution in [-0.2, 0) is 4.79 Å². The summed E-state index contributed by atoms with van der Waals surface area (Å²) in [5, 5.41) is 13.2. The first-order valence-corrected chi connectivity index (χ1v) is 9.47. The van der Waals surface area contributed by atoms with Gasteiger partial charge < -0.3 is 11.2 Å². The number of nitrogen functional groups attached to an aromatic ring is 1. The van der Waals surface area contributed by atoms with Crippen molar-refractivity contribution >= 4 is 34.1 Å². The SMILES string of the molecule is Nn1c(SCC(=O)Nc2ccc3ccccc3c2)nnc1-c1ccccc1F. The lowest BCUT2D eigenvalue weighted by molar-refractivity contribution is -0.113. The molecule has 1 heterocycles. The first-order chi connectivity index (χ1) is 13.6. The Bertz CT molecular complexity index is 1160. The maximum atomic E-state index is 13.9. The lowest BCUT2D eigenvalue weighted by atomic mass is 10.1. The van der Waals surface area contributed by atoms with Crippen LogP contribution < -0.4 is 11.2 Å². The summed E-state index contributed by atoms with van der Waals surface area (Å²) in [4.78, 5) is 12.3. The van der Waals surface area contributed by atoms with Gasteiger partial charge in [-0.05, 0) is 35.0 Å². The highest BCUT2D eigenvalue weighted by atomic mass is 32.2. The maximum Gasteiger partial charge on any atom is 0.234 e. The molecule has 4 aromatic rings. The zero-order valence-electron chi connectivity index (χ0n) is 14.7. The Kier molecular flexibility index (Phi) is 4.94. The molecule has 0 aliphatic carbocycles. The number of hydrogen-bond acceptors (Lipinski definition) is 5. The maximum absolute atomic E-state index is 13.9. The van der Waals surface area contributed by atoms with Gasteiger partial charge in [-0.1, -0.05) is 54.2 Å². The van der Waals surface area contributed by atoms with Gasteiger partial charge in [0.05, 0.1) is 11.3 Å². The van der Waals surface area contributed by atoms with E-state index in [1.807, 2.05) is 42.5 Å². The second-order valence-corrected chi connectivity index (χ2v) is 7.00. The van der Waals surface area contributed by atoms with Gasteiger partial charge in [-0.25, -0.2) is 9.07 Å². The van der Waals surface area contributed by atoms with E-state index in [9.17, 15) is 9.18 Å². The Labute approximate surface area is 164 Å². The molecule has 0 saturated carbocycles. The Hall–Kier alpha value is -3.39. The first-order valence-electron chi connectivity index (χ1n) is 8.48. The van der Waals surface area contributed by atoms with E-state index in [-0.39, 0.29) is 23.0 Å². The highest BCUT2D eigenvalue weighted by Gasteiger charge is 2.16. The predicted octanol–water partition coefficient (Wildman–Crippen LogP) is 3.68. The predicted molar refractivity (Wildman–Crippen MR) is 109 cm³/mol. The summed E-state index contributed by atoms with van der Waals surface area (Å²) in [6.45, 7) is 0. The largest absolute Gasteiger partial charge is 0.335 e. The van der Waals surface area contributed by atoms with Gasteiger partial charge in [0, 0.05) is 5.69 Å². The van der Waals surface area contributed by atoms with Crippen LogP contribution in [0.4, 0.5) is 10.1 Å². The standard InChI is InChI=1S/C20H16FN5OS/c21-17-8-4-3-7-16(17)19-24-25-20(26(19)22)28-12-18(27)23-15-10-9-13-5-1-2-6-14(13)11-15/h1-11H,12,22H2,(H,23,27). The van der Waals surface area contributed by atoms with Crippen LogP contribution >= 0.6 is 11.8 Å². The van der Waals surface area contributed by atoms with E-state index in [4.69, 9.17) is 5.84 Å². The number of nitrogens with zero attached hydrogens (tertiary/aromatic N) is 3. The smallest absolute Gasteiger partial charge is 0.234 e. The number of hydrogen-bond donors (Lipinski definition) is 2. The van der Waals surface area contributed by atoms with Crippen LogP contribution in [0.1, 0.15) is 0 Å². The molecule has 0 atom stereocenters. The van der Waals surface area contributed by atoms with Gasteiger partial charge in [-0.2, -0.15) is 0 Å². The molecule has 28 heavy (non-hydrogen) atoms. The third-order valence-electron chi connectivity index (χ3n) is 4.14. The number of anilines is 1. The molecule has 3 N–H and O–H groups in total. The molecule has 0 radical (unpaired) electrons. The van der Waals surface area contributed by atoms with Crippen molar-refractivity contribution in [1.82, 2.24) is 14.9 Å². The average Bonchev–Trinajstić information content (AvgIpc) is 3.07. The fourth-order valence-electron chi connectivity index (χ4n) is 2.80. The van der Waals surface area contributed by atoms with Crippen LogP contribution in [0, 0.1) is 5.82 Å². The molecule has 0 saturated heterocycles. The number of thioether (sulfide) groups is 1. The van der Waals surface area contributed by atoms with Crippen molar-refractivity contribution in [2.75, 3.05) is 16.9 Å². The summed E-state index contributed by atoms with van der Waals surface area (Å²) >= 11 is 1.13. The molecule has 0 spiro atoms. The van der Waals surface area contributed by atoms with E-state index < -0.39 is 5.82 Å². The second kappa shape index (κ2) is 7.69. The number of carbonyl (C=O) groups is 1. The van der Waals surface area contributed by atoms with Gasteiger partial charge in [0.2, 0.25) is 11.1 Å². The van der Waals surface area contributed by atoms with Crippen LogP contribution in [0.25, 0.3) is 22.2 Å². The van der Waals surface area contributed by atoms with Gasteiger partial charge in [-0.15, -0.1) is 10.2 Å². The third kappa shape index (κ3) is 3.67. The van der Waals surface area contributed by atoms with Gasteiger partial charge in [0.25, 0.3) is 0 Å².